The van der Waals surface area contributed by atoms with E-state index < -0.39 is 9.84 Å². The summed E-state index contributed by atoms with van der Waals surface area (Å²) in [6, 6.07) is 1.17. The molecule has 0 aromatic heterocycles. The van der Waals surface area contributed by atoms with E-state index in [0.29, 0.717) is 23.4 Å². The molecule has 2 heterocycles. The third kappa shape index (κ3) is 5.34. The smallest absolute Gasteiger partial charge is 0.150 e. The first-order valence-corrected chi connectivity index (χ1v) is 12.5. The first-order valence-electron chi connectivity index (χ1n) is 9.53. The van der Waals surface area contributed by atoms with Crippen LogP contribution in [0.1, 0.15) is 44.9 Å². The van der Waals surface area contributed by atoms with E-state index in [1.165, 1.54) is 37.8 Å². The molecule has 3 rings (SSSR count). The zero-order chi connectivity index (χ0) is 17.0. The monoisotopic (exact) mass is 375 g/mol. The minimum Gasteiger partial charge on any atom is -0.313 e. The number of piperidine rings is 1. The zero-order valence-corrected chi connectivity index (χ0v) is 16.4. The van der Waals surface area contributed by atoms with Crippen molar-refractivity contribution in [1.29, 1.82) is 0 Å². The molecule has 1 aliphatic carbocycles. The van der Waals surface area contributed by atoms with Gasteiger partial charge in [0.2, 0.25) is 0 Å². The molecule has 2 saturated heterocycles. The Morgan fingerprint density at radius 2 is 1.83 bits per heavy atom. The molecule has 1 saturated carbocycles. The van der Waals surface area contributed by atoms with Crippen molar-refractivity contribution in [2.75, 3.05) is 31.6 Å². The highest BCUT2D eigenvalue weighted by molar-refractivity contribution is 7.99. The number of piperazine rings is 1. The lowest BCUT2D eigenvalue weighted by Crippen LogP contribution is -2.57. The maximum atomic E-state index is 11.7. The van der Waals surface area contributed by atoms with E-state index in [1.807, 2.05) is 11.8 Å². The van der Waals surface area contributed by atoms with Gasteiger partial charge in [-0.15, -0.1) is 11.8 Å². The highest BCUT2D eigenvalue weighted by Crippen LogP contribution is 2.31. The van der Waals surface area contributed by atoms with Crippen molar-refractivity contribution in [2.24, 2.45) is 5.92 Å². The average Bonchev–Trinajstić information content (AvgIpc) is 2.60. The SMILES string of the molecule is CS(=O)(=O)C1CCC(C2CNCC(SCC3CCCCN3)N2)CC1. The van der Waals surface area contributed by atoms with Crippen molar-refractivity contribution in [3.63, 3.8) is 0 Å². The molecular weight excluding hydrogens is 342 g/mol. The first-order chi connectivity index (χ1) is 11.5. The Morgan fingerprint density at radius 1 is 1.04 bits per heavy atom. The van der Waals surface area contributed by atoms with Crippen LogP contribution in [0.2, 0.25) is 0 Å². The normalized spacial score (nSPS) is 38.8. The fraction of sp³-hybridized carbons (Fsp3) is 1.00. The number of nitrogens with one attached hydrogen (secondary N) is 3. The van der Waals surface area contributed by atoms with E-state index in [2.05, 4.69) is 16.0 Å². The summed E-state index contributed by atoms with van der Waals surface area (Å²) in [7, 11) is -2.86. The summed E-state index contributed by atoms with van der Waals surface area (Å²) >= 11 is 2.04. The fourth-order valence-electron chi connectivity index (χ4n) is 4.35. The molecule has 3 unspecified atom stereocenters. The molecule has 24 heavy (non-hydrogen) atoms. The van der Waals surface area contributed by atoms with E-state index >= 15 is 0 Å². The van der Waals surface area contributed by atoms with Gasteiger partial charge in [0, 0.05) is 37.2 Å². The molecule has 140 valence electrons. The van der Waals surface area contributed by atoms with Crippen LogP contribution in [0.4, 0.5) is 0 Å². The molecule has 5 nitrogen and oxygen atoms in total. The molecule has 3 aliphatic rings. The van der Waals surface area contributed by atoms with Crippen LogP contribution in [0.3, 0.4) is 0 Å². The molecule has 0 spiro atoms. The Labute approximate surface area is 151 Å². The summed E-state index contributed by atoms with van der Waals surface area (Å²) in [5, 5.41) is 11.4. The molecule has 2 aliphatic heterocycles. The lowest BCUT2D eigenvalue weighted by atomic mass is 9.83. The van der Waals surface area contributed by atoms with Crippen molar-refractivity contribution in [2.45, 2.75) is 67.7 Å². The maximum Gasteiger partial charge on any atom is 0.150 e. The summed E-state index contributed by atoms with van der Waals surface area (Å²) in [6.07, 6.45) is 9.15. The summed E-state index contributed by atoms with van der Waals surface area (Å²) in [5.74, 6) is 1.80. The van der Waals surface area contributed by atoms with Gasteiger partial charge in [0.1, 0.15) is 9.84 Å². The molecule has 3 N–H and O–H groups in total. The van der Waals surface area contributed by atoms with Crippen LogP contribution in [-0.2, 0) is 9.84 Å². The van der Waals surface area contributed by atoms with Crippen LogP contribution in [0.5, 0.6) is 0 Å². The van der Waals surface area contributed by atoms with Crippen LogP contribution in [0.25, 0.3) is 0 Å². The molecular formula is C17H33N3O2S2. The van der Waals surface area contributed by atoms with Gasteiger partial charge in [-0.05, 0) is 51.0 Å². The van der Waals surface area contributed by atoms with Gasteiger partial charge in [0.15, 0.2) is 0 Å². The lowest BCUT2D eigenvalue weighted by Gasteiger charge is -2.39. The Balaban J connectivity index is 1.42. The molecule has 0 radical (unpaired) electrons. The zero-order valence-electron chi connectivity index (χ0n) is 14.8. The largest absolute Gasteiger partial charge is 0.313 e. The first kappa shape index (κ1) is 19.0. The number of sulfone groups is 1. The van der Waals surface area contributed by atoms with Crippen molar-refractivity contribution in [1.82, 2.24) is 16.0 Å². The summed E-state index contributed by atoms with van der Waals surface area (Å²) in [5.41, 5.74) is 0. The van der Waals surface area contributed by atoms with Gasteiger partial charge in [-0.3, -0.25) is 5.32 Å². The predicted molar refractivity (Wildman–Crippen MR) is 102 cm³/mol. The van der Waals surface area contributed by atoms with Gasteiger partial charge in [-0.25, -0.2) is 8.42 Å². The summed E-state index contributed by atoms with van der Waals surface area (Å²) in [6.45, 7) is 3.23. The highest BCUT2D eigenvalue weighted by Gasteiger charge is 2.34. The Bertz CT molecular complexity index is 486. The van der Waals surface area contributed by atoms with Crippen molar-refractivity contribution in [3.8, 4) is 0 Å². The third-order valence-corrected chi connectivity index (χ3v) is 8.88. The predicted octanol–water partition coefficient (Wildman–Crippen LogP) is 1.35. The van der Waals surface area contributed by atoms with E-state index in [-0.39, 0.29) is 5.25 Å². The van der Waals surface area contributed by atoms with Crippen LogP contribution in [0, 0.1) is 5.92 Å². The molecule has 0 amide bonds. The molecule has 0 aromatic carbocycles. The van der Waals surface area contributed by atoms with E-state index in [1.54, 1.807) is 0 Å². The Kier molecular flexibility index (Phi) is 6.88. The second-order valence-electron chi connectivity index (χ2n) is 7.77. The van der Waals surface area contributed by atoms with Gasteiger partial charge in [0.05, 0.1) is 10.6 Å². The van der Waals surface area contributed by atoms with E-state index in [0.717, 1.165) is 38.8 Å². The standard InChI is InChI=1S/C17H33N3O2S2/c1-24(21,22)15-7-5-13(6-8-15)16-10-18-11-17(20-16)23-12-14-4-2-3-9-19-14/h13-20H,2-12H2,1H3. The van der Waals surface area contributed by atoms with Gasteiger partial charge in [-0.1, -0.05) is 6.42 Å². The van der Waals surface area contributed by atoms with Crippen molar-refractivity contribution < 1.29 is 8.42 Å². The summed E-state index contributed by atoms with van der Waals surface area (Å²) in [4.78, 5) is 0. The average molecular weight is 376 g/mol. The Morgan fingerprint density at radius 3 is 2.50 bits per heavy atom. The lowest BCUT2D eigenvalue weighted by molar-refractivity contribution is 0.239. The van der Waals surface area contributed by atoms with E-state index in [9.17, 15) is 8.42 Å². The fourth-order valence-corrected chi connectivity index (χ4v) is 6.74. The minimum absolute atomic E-state index is 0.104. The quantitative estimate of drug-likeness (QED) is 0.674. The van der Waals surface area contributed by atoms with E-state index in [4.69, 9.17) is 0 Å². The number of hydrogen-bond donors (Lipinski definition) is 3. The van der Waals surface area contributed by atoms with Crippen LogP contribution in [0.15, 0.2) is 0 Å². The molecule has 7 heteroatoms. The second-order valence-corrected chi connectivity index (χ2v) is 11.3. The van der Waals surface area contributed by atoms with Gasteiger partial charge >= 0.3 is 0 Å². The van der Waals surface area contributed by atoms with Crippen LogP contribution >= 0.6 is 11.8 Å². The maximum absolute atomic E-state index is 11.7. The van der Waals surface area contributed by atoms with Gasteiger partial charge < -0.3 is 10.6 Å². The number of rotatable bonds is 5. The highest BCUT2D eigenvalue weighted by atomic mass is 32.2. The Hall–Kier alpha value is 0.180. The number of thioether (sulfide) groups is 1. The van der Waals surface area contributed by atoms with Crippen molar-refractivity contribution in [3.05, 3.63) is 0 Å². The van der Waals surface area contributed by atoms with Gasteiger partial charge in [0.25, 0.3) is 0 Å². The number of hydrogen-bond acceptors (Lipinski definition) is 6. The third-order valence-electron chi connectivity index (χ3n) is 5.90. The molecule has 0 bridgehead atoms. The second kappa shape index (κ2) is 8.71. The molecule has 0 aromatic rings. The van der Waals surface area contributed by atoms with Crippen LogP contribution < -0.4 is 16.0 Å². The summed E-state index contributed by atoms with van der Waals surface area (Å²) < 4.78 is 23.4. The molecule has 3 atom stereocenters. The minimum atomic E-state index is -2.86. The van der Waals surface area contributed by atoms with Gasteiger partial charge in [-0.2, -0.15) is 0 Å². The van der Waals surface area contributed by atoms with Crippen LogP contribution in [-0.4, -0.2) is 62.8 Å². The molecule has 3 fully saturated rings. The topological polar surface area (TPSA) is 70.2 Å². The van der Waals surface area contributed by atoms with Crippen molar-refractivity contribution >= 4 is 21.6 Å².